The molecule has 0 fully saturated rings. The van der Waals surface area contributed by atoms with E-state index in [4.69, 9.17) is 0 Å². The molecule has 1 aromatic heterocycles. The first-order valence-electron chi connectivity index (χ1n) is 6.00. The number of para-hydroxylation sites is 1. The number of benzene rings is 1. The highest BCUT2D eigenvalue weighted by molar-refractivity contribution is 7.18. The van der Waals surface area contributed by atoms with Gasteiger partial charge in [-0.15, -0.1) is 11.3 Å². The van der Waals surface area contributed by atoms with Gasteiger partial charge < -0.3 is 5.11 Å². The molecule has 17 heavy (non-hydrogen) atoms. The van der Waals surface area contributed by atoms with Crippen molar-refractivity contribution in [1.82, 2.24) is 4.98 Å². The molecule has 2 nitrogen and oxygen atoms in total. The van der Waals surface area contributed by atoms with E-state index >= 15 is 0 Å². The molecular formula is C14H19NOS. The van der Waals surface area contributed by atoms with Crippen LogP contribution in [0.3, 0.4) is 0 Å². The first kappa shape index (κ1) is 12.5. The van der Waals surface area contributed by atoms with Gasteiger partial charge in [0.05, 0.1) is 15.2 Å². The van der Waals surface area contributed by atoms with Gasteiger partial charge >= 0.3 is 0 Å². The summed E-state index contributed by atoms with van der Waals surface area (Å²) in [6.45, 7) is 6.65. The van der Waals surface area contributed by atoms with Crippen LogP contribution in [-0.2, 0) is 6.42 Å². The van der Waals surface area contributed by atoms with Crippen LogP contribution in [0.1, 0.15) is 25.8 Å². The summed E-state index contributed by atoms with van der Waals surface area (Å²) >= 11 is 1.73. The minimum absolute atomic E-state index is 0.0755. The molecule has 1 aromatic carbocycles. The molecule has 2 aromatic rings. The van der Waals surface area contributed by atoms with Crippen molar-refractivity contribution in [3.05, 3.63) is 29.3 Å². The predicted octanol–water partition coefficient (Wildman–Crippen LogP) is 3.49. The number of nitrogens with zero attached hydrogens (tertiary/aromatic N) is 1. The topological polar surface area (TPSA) is 33.1 Å². The Morgan fingerprint density at radius 2 is 2.06 bits per heavy atom. The lowest BCUT2D eigenvalue weighted by Crippen LogP contribution is -2.30. The largest absolute Gasteiger partial charge is 0.396 e. The Kier molecular flexibility index (Phi) is 3.50. The average Bonchev–Trinajstić information content (AvgIpc) is 2.70. The van der Waals surface area contributed by atoms with E-state index in [1.54, 1.807) is 11.3 Å². The molecule has 2 rings (SSSR count). The van der Waals surface area contributed by atoms with Crippen LogP contribution < -0.4 is 0 Å². The Balaban J connectivity index is 2.29. The van der Waals surface area contributed by atoms with Gasteiger partial charge in [0.25, 0.3) is 0 Å². The van der Waals surface area contributed by atoms with Crippen molar-refractivity contribution in [3.63, 3.8) is 0 Å². The number of thiazole rings is 1. The highest BCUT2D eigenvalue weighted by Gasteiger charge is 2.29. The lowest BCUT2D eigenvalue weighted by atomic mass is 9.77. The average molecular weight is 249 g/mol. The number of aliphatic hydroxyl groups is 1. The van der Waals surface area contributed by atoms with Crippen molar-refractivity contribution in [2.45, 2.75) is 27.2 Å². The molecule has 1 atom stereocenters. The fraction of sp³-hybridized carbons (Fsp3) is 0.500. The summed E-state index contributed by atoms with van der Waals surface area (Å²) in [6.07, 6.45) is 0.848. The zero-order chi connectivity index (χ0) is 12.5. The van der Waals surface area contributed by atoms with E-state index in [9.17, 15) is 5.11 Å². The number of aromatic nitrogens is 1. The van der Waals surface area contributed by atoms with Crippen molar-refractivity contribution >= 4 is 21.6 Å². The summed E-state index contributed by atoms with van der Waals surface area (Å²) in [6, 6.07) is 8.20. The third-order valence-corrected chi connectivity index (χ3v) is 4.68. The molecule has 1 unspecified atom stereocenters. The SMILES string of the molecule is CC(C)C(C)(CO)Cc1nc2ccccc2s1. The van der Waals surface area contributed by atoms with E-state index in [1.165, 1.54) is 4.70 Å². The zero-order valence-electron chi connectivity index (χ0n) is 10.6. The van der Waals surface area contributed by atoms with Gasteiger partial charge in [0.1, 0.15) is 0 Å². The van der Waals surface area contributed by atoms with Crippen molar-refractivity contribution in [1.29, 1.82) is 0 Å². The summed E-state index contributed by atoms with van der Waals surface area (Å²) in [4.78, 5) is 4.64. The van der Waals surface area contributed by atoms with Crippen LogP contribution in [0.15, 0.2) is 24.3 Å². The molecule has 0 amide bonds. The molecule has 92 valence electrons. The predicted molar refractivity (Wildman–Crippen MR) is 73.4 cm³/mol. The van der Waals surface area contributed by atoms with E-state index in [0.29, 0.717) is 5.92 Å². The van der Waals surface area contributed by atoms with Crippen molar-refractivity contribution in [2.75, 3.05) is 6.61 Å². The third kappa shape index (κ3) is 2.50. The lowest BCUT2D eigenvalue weighted by molar-refractivity contribution is 0.0947. The summed E-state index contributed by atoms with van der Waals surface area (Å²) in [5.74, 6) is 0.444. The third-order valence-electron chi connectivity index (χ3n) is 3.65. The summed E-state index contributed by atoms with van der Waals surface area (Å²) in [5, 5.41) is 10.7. The summed E-state index contributed by atoms with van der Waals surface area (Å²) < 4.78 is 1.23. The minimum Gasteiger partial charge on any atom is -0.396 e. The Morgan fingerprint density at radius 3 is 2.65 bits per heavy atom. The maximum absolute atomic E-state index is 9.57. The second kappa shape index (κ2) is 4.75. The normalized spacial score (nSPS) is 15.4. The molecule has 0 spiro atoms. The highest BCUT2D eigenvalue weighted by atomic mass is 32.1. The van der Waals surface area contributed by atoms with E-state index in [2.05, 4.69) is 31.8 Å². The minimum atomic E-state index is -0.0755. The van der Waals surface area contributed by atoms with Crippen LogP contribution in [0.4, 0.5) is 0 Å². The molecule has 0 bridgehead atoms. The summed E-state index contributed by atoms with van der Waals surface area (Å²) in [5.41, 5.74) is 0.991. The maximum atomic E-state index is 9.57. The zero-order valence-corrected chi connectivity index (χ0v) is 11.4. The molecule has 1 N–H and O–H groups in total. The van der Waals surface area contributed by atoms with E-state index in [-0.39, 0.29) is 12.0 Å². The number of hydrogen-bond donors (Lipinski definition) is 1. The monoisotopic (exact) mass is 249 g/mol. The maximum Gasteiger partial charge on any atom is 0.0945 e. The molecular weight excluding hydrogens is 230 g/mol. The molecule has 0 aliphatic heterocycles. The van der Waals surface area contributed by atoms with Gasteiger partial charge in [-0.05, 0) is 23.5 Å². The van der Waals surface area contributed by atoms with Crippen LogP contribution in [0.2, 0.25) is 0 Å². The number of fused-ring (bicyclic) bond motifs is 1. The number of hydrogen-bond acceptors (Lipinski definition) is 3. The van der Waals surface area contributed by atoms with Crippen LogP contribution >= 0.6 is 11.3 Å². The van der Waals surface area contributed by atoms with Crippen LogP contribution in [0, 0.1) is 11.3 Å². The van der Waals surface area contributed by atoms with E-state index in [1.807, 2.05) is 18.2 Å². The first-order valence-corrected chi connectivity index (χ1v) is 6.82. The molecule has 3 heteroatoms. The lowest BCUT2D eigenvalue weighted by Gasteiger charge is -2.30. The Labute approximate surface area is 106 Å². The first-order chi connectivity index (χ1) is 8.05. The van der Waals surface area contributed by atoms with E-state index in [0.717, 1.165) is 16.9 Å². The quantitative estimate of drug-likeness (QED) is 0.899. The van der Waals surface area contributed by atoms with Crippen LogP contribution in [0.25, 0.3) is 10.2 Å². The molecule has 0 radical (unpaired) electrons. The molecule has 0 saturated heterocycles. The van der Waals surface area contributed by atoms with E-state index < -0.39 is 0 Å². The Bertz CT molecular complexity index is 473. The molecule has 0 aliphatic rings. The second-order valence-electron chi connectivity index (χ2n) is 5.22. The van der Waals surface area contributed by atoms with Crippen LogP contribution in [0.5, 0.6) is 0 Å². The molecule has 0 saturated carbocycles. The van der Waals surface area contributed by atoms with Gasteiger partial charge in [0, 0.05) is 13.0 Å². The molecule has 1 heterocycles. The standard InChI is InChI=1S/C14H19NOS/c1-10(2)14(3,9-16)8-13-15-11-6-4-5-7-12(11)17-13/h4-7,10,16H,8-9H2,1-3H3. The van der Waals surface area contributed by atoms with Gasteiger partial charge in [-0.2, -0.15) is 0 Å². The van der Waals surface area contributed by atoms with Gasteiger partial charge in [-0.1, -0.05) is 32.9 Å². The fourth-order valence-corrected chi connectivity index (χ4v) is 2.95. The fourth-order valence-electron chi connectivity index (χ4n) is 1.78. The van der Waals surface area contributed by atoms with Crippen molar-refractivity contribution < 1.29 is 5.11 Å². The van der Waals surface area contributed by atoms with Gasteiger partial charge in [0.15, 0.2) is 0 Å². The molecule has 0 aliphatic carbocycles. The number of aliphatic hydroxyl groups excluding tert-OH is 1. The van der Waals surface area contributed by atoms with Gasteiger partial charge in [-0.25, -0.2) is 4.98 Å². The Hall–Kier alpha value is -0.930. The van der Waals surface area contributed by atoms with Gasteiger partial charge in [-0.3, -0.25) is 0 Å². The van der Waals surface area contributed by atoms with Gasteiger partial charge in [0.2, 0.25) is 0 Å². The number of rotatable bonds is 4. The Morgan fingerprint density at radius 1 is 1.35 bits per heavy atom. The van der Waals surface area contributed by atoms with Crippen LogP contribution in [-0.4, -0.2) is 16.7 Å². The van der Waals surface area contributed by atoms with Crippen molar-refractivity contribution in [2.24, 2.45) is 11.3 Å². The highest BCUT2D eigenvalue weighted by Crippen LogP contribution is 2.33. The second-order valence-corrected chi connectivity index (χ2v) is 6.33. The smallest absolute Gasteiger partial charge is 0.0945 e. The van der Waals surface area contributed by atoms with Crippen molar-refractivity contribution in [3.8, 4) is 0 Å². The summed E-state index contributed by atoms with van der Waals surface area (Å²) in [7, 11) is 0.